The van der Waals surface area contributed by atoms with Crippen LogP contribution in [0.4, 0.5) is 13.2 Å². The lowest BCUT2D eigenvalue weighted by Crippen LogP contribution is -2.13. The molecular formula is C12H11F3N2O3. The van der Waals surface area contributed by atoms with E-state index in [2.05, 4.69) is 9.84 Å². The number of rotatable bonds is 4. The maximum absolute atomic E-state index is 12.0. The van der Waals surface area contributed by atoms with Crippen LogP contribution in [0.1, 0.15) is 16.8 Å². The van der Waals surface area contributed by atoms with Gasteiger partial charge in [-0.15, -0.1) is 0 Å². The second-order valence-corrected chi connectivity index (χ2v) is 3.96. The zero-order valence-electron chi connectivity index (χ0n) is 10.5. The number of fused-ring (bicyclic) bond motifs is 1. The maximum Gasteiger partial charge on any atom is 0.392 e. The Labute approximate surface area is 111 Å². The molecule has 0 saturated carbocycles. The highest BCUT2D eigenvalue weighted by Gasteiger charge is 2.26. The molecule has 0 saturated heterocycles. The minimum atomic E-state index is -4.26. The molecule has 2 aromatic heterocycles. The normalized spacial score (nSPS) is 11.6. The Hall–Kier alpha value is -2.25. The second kappa shape index (κ2) is 5.40. The molecule has 0 spiro atoms. The highest BCUT2D eigenvalue weighted by atomic mass is 19.4. The van der Waals surface area contributed by atoms with Crippen molar-refractivity contribution in [3.05, 3.63) is 30.1 Å². The Bertz CT molecular complexity index is 622. The number of esters is 1. The third kappa shape index (κ3) is 3.19. The Morgan fingerprint density at radius 2 is 2.15 bits per heavy atom. The number of aromatic nitrogens is 2. The summed E-state index contributed by atoms with van der Waals surface area (Å²) >= 11 is 0. The fraction of sp³-hybridized carbons (Fsp3) is 0.333. The van der Waals surface area contributed by atoms with E-state index in [-0.39, 0.29) is 11.3 Å². The highest BCUT2D eigenvalue weighted by Crippen LogP contribution is 2.21. The molecule has 0 fully saturated rings. The molecule has 0 N–H and O–H groups in total. The van der Waals surface area contributed by atoms with Crippen molar-refractivity contribution in [1.29, 1.82) is 0 Å². The Morgan fingerprint density at radius 1 is 1.40 bits per heavy atom. The molecule has 0 radical (unpaired) electrons. The standard InChI is InChI=1S/C12H11F3N2O3/c1-19-11(18)9-6-16-17-7-8(2-3-10(9)17)20-5-4-12(13,14)15/h2-3,6-7H,4-5H2,1H3. The molecule has 2 heterocycles. The van der Waals surface area contributed by atoms with Gasteiger partial charge in [0.05, 0.1) is 38.0 Å². The van der Waals surface area contributed by atoms with Gasteiger partial charge in [0, 0.05) is 0 Å². The fourth-order valence-electron chi connectivity index (χ4n) is 1.60. The van der Waals surface area contributed by atoms with Crippen LogP contribution in [-0.2, 0) is 4.74 Å². The van der Waals surface area contributed by atoms with E-state index in [4.69, 9.17) is 4.74 Å². The van der Waals surface area contributed by atoms with E-state index in [1.54, 1.807) is 0 Å². The van der Waals surface area contributed by atoms with E-state index in [1.165, 1.54) is 36.2 Å². The van der Waals surface area contributed by atoms with Gasteiger partial charge in [-0.3, -0.25) is 0 Å². The smallest absolute Gasteiger partial charge is 0.392 e. The minimum absolute atomic E-state index is 0.237. The lowest BCUT2D eigenvalue weighted by Gasteiger charge is -2.08. The monoisotopic (exact) mass is 288 g/mol. The molecule has 20 heavy (non-hydrogen) atoms. The lowest BCUT2D eigenvalue weighted by molar-refractivity contribution is -0.139. The Kier molecular flexibility index (Phi) is 3.82. The molecule has 0 aromatic carbocycles. The van der Waals surface area contributed by atoms with Crippen molar-refractivity contribution in [2.24, 2.45) is 0 Å². The van der Waals surface area contributed by atoms with E-state index >= 15 is 0 Å². The van der Waals surface area contributed by atoms with Crippen LogP contribution < -0.4 is 4.74 Å². The number of carbonyl (C=O) groups excluding carboxylic acids is 1. The average molecular weight is 288 g/mol. The number of alkyl halides is 3. The molecule has 0 unspecified atom stereocenters. The van der Waals surface area contributed by atoms with Gasteiger partial charge in [-0.1, -0.05) is 0 Å². The van der Waals surface area contributed by atoms with Gasteiger partial charge in [0.15, 0.2) is 0 Å². The van der Waals surface area contributed by atoms with Gasteiger partial charge in [0.25, 0.3) is 0 Å². The summed E-state index contributed by atoms with van der Waals surface area (Å²) in [7, 11) is 1.25. The first-order chi connectivity index (χ1) is 9.40. The van der Waals surface area contributed by atoms with Crippen molar-refractivity contribution in [1.82, 2.24) is 9.61 Å². The number of methoxy groups -OCH3 is 1. The van der Waals surface area contributed by atoms with Crippen LogP contribution in [-0.4, -0.2) is 35.5 Å². The molecule has 0 amide bonds. The zero-order valence-corrected chi connectivity index (χ0v) is 10.5. The SMILES string of the molecule is COC(=O)c1cnn2cc(OCCC(F)(F)F)ccc12. The van der Waals surface area contributed by atoms with Crippen LogP contribution in [0.2, 0.25) is 0 Å². The molecule has 0 aliphatic carbocycles. The highest BCUT2D eigenvalue weighted by molar-refractivity contribution is 5.96. The summed E-state index contributed by atoms with van der Waals surface area (Å²) in [5.41, 5.74) is 0.759. The topological polar surface area (TPSA) is 52.8 Å². The number of hydrogen-bond acceptors (Lipinski definition) is 4. The predicted molar refractivity (Wildman–Crippen MR) is 62.7 cm³/mol. The fourth-order valence-corrected chi connectivity index (χ4v) is 1.60. The largest absolute Gasteiger partial charge is 0.492 e. The van der Waals surface area contributed by atoms with Crippen molar-refractivity contribution < 1.29 is 27.4 Å². The first-order valence-electron chi connectivity index (χ1n) is 5.66. The molecule has 8 heteroatoms. The van der Waals surface area contributed by atoms with Crippen molar-refractivity contribution in [2.45, 2.75) is 12.6 Å². The van der Waals surface area contributed by atoms with Crippen LogP contribution >= 0.6 is 0 Å². The Morgan fingerprint density at radius 3 is 2.80 bits per heavy atom. The Balaban J connectivity index is 2.13. The predicted octanol–water partition coefficient (Wildman–Crippen LogP) is 2.45. The van der Waals surface area contributed by atoms with Crippen LogP contribution in [0.15, 0.2) is 24.5 Å². The maximum atomic E-state index is 12.0. The number of hydrogen-bond donors (Lipinski definition) is 0. The van der Waals surface area contributed by atoms with E-state index in [0.717, 1.165) is 0 Å². The molecule has 2 rings (SSSR count). The quantitative estimate of drug-likeness (QED) is 0.811. The average Bonchev–Trinajstić information content (AvgIpc) is 2.79. The molecule has 0 bridgehead atoms. The molecule has 2 aromatic rings. The van der Waals surface area contributed by atoms with Crippen LogP contribution in [0.25, 0.3) is 5.52 Å². The number of ether oxygens (including phenoxy) is 2. The lowest BCUT2D eigenvalue weighted by atomic mass is 10.2. The molecule has 0 atom stereocenters. The van der Waals surface area contributed by atoms with Gasteiger partial charge < -0.3 is 9.47 Å². The van der Waals surface area contributed by atoms with Gasteiger partial charge in [-0.25, -0.2) is 9.31 Å². The van der Waals surface area contributed by atoms with Gasteiger partial charge in [-0.2, -0.15) is 18.3 Å². The van der Waals surface area contributed by atoms with Gasteiger partial charge >= 0.3 is 12.1 Å². The van der Waals surface area contributed by atoms with E-state index in [9.17, 15) is 18.0 Å². The number of nitrogens with zero attached hydrogens (tertiary/aromatic N) is 2. The van der Waals surface area contributed by atoms with Crippen molar-refractivity contribution in [3.8, 4) is 5.75 Å². The third-order valence-electron chi connectivity index (χ3n) is 2.55. The molecule has 5 nitrogen and oxygen atoms in total. The van der Waals surface area contributed by atoms with Gasteiger partial charge in [0.2, 0.25) is 0 Å². The first-order valence-corrected chi connectivity index (χ1v) is 5.66. The summed E-state index contributed by atoms with van der Waals surface area (Å²) in [5, 5.41) is 3.92. The van der Waals surface area contributed by atoms with Gasteiger partial charge in [-0.05, 0) is 12.1 Å². The van der Waals surface area contributed by atoms with Crippen LogP contribution in [0, 0.1) is 0 Å². The number of halogens is 3. The van der Waals surface area contributed by atoms with E-state index in [0.29, 0.717) is 5.52 Å². The summed E-state index contributed by atoms with van der Waals surface area (Å²) < 4.78 is 46.9. The van der Waals surface area contributed by atoms with Crippen LogP contribution in [0.5, 0.6) is 5.75 Å². The summed E-state index contributed by atoms with van der Waals surface area (Å²) in [6, 6.07) is 3.00. The third-order valence-corrected chi connectivity index (χ3v) is 2.55. The second-order valence-electron chi connectivity index (χ2n) is 3.96. The number of carbonyl (C=O) groups is 1. The zero-order chi connectivity index (χ0) is 14.8. The number of pyridine rings is 1. The summed E-state index contributed by atoms with van der Waals surface area (Å²) in [4.78, 5) is 11.4. The molecule has 0 aliphatic rings. The van der Waals surface area contributed by atoms with Crippen LogP contribution in [0.3, 0.4) is 0 Å². The molecule has 108 valence electrons. The first kappa shape index (κ1) is 14.2. The summed E-state index contributed by atoms with van der Waals surface area (Å²) in [6.45, 7) is -0.472. The molecule has 0 aliphatic heterocycles. The van der Waals surface area contributed by atoms with E-state index < -0.39 is 25.2 Å². The van der Waals surface area contributed by atoms with Crippen molar-refractivity contribution >= 4 is 11.5 Å². The van der Waals surface area contributed by atoms with Crippen molar-refractivity contribution in [2.75, 3.05) is 13.7 Å². The minimum Gasteiger partial charge on any atom is -0.492 e. The summed E-state index contributed by atoms with van der Waals surface area (Å²) in [6.07, 6.45) is -2.57. The molecular weight excluding hydrogens is 277 g/mol. The van der Waals surface area contributed by atoms with E-state index in [1.807, 2.05) is 0 Å². The van der Waals surface area contributed by atoms with Gasteiger partial charge in [0.1, 0.15) is 11.3 Å². The summed E-state index contributed by atoms with van der Waals surface area (Å²) in [5.74, 6) is -0.299. The van der Waals surface area contributed by atoms with Crippen molar-refractivity contribution in [3.63, 3.8) is 0 Å².